The Bertz CT molecular complexity index is 543. The minimum atomic E-state index is -0.751. The average Bonchev–Trinajstić information content (AvgIpc) is 2.54. The van der Waals surface area contributed by atoms with E-state index in [9.17, 15) is 9.59 Å². The predicted octanol–water partition coefficient (Wildman–Crippen LogP) is 2.88. The number of hydrogen-bond donors (Lipinski definition) is 0. The largest absolute Gasteiger partial charge is 0.316 e. The summed E-state index contributed by atoms with van der Waals surface area (Å²) >= 11 is 6.95. The molecule has 3 unspecified atom stereocenters. The molecule has 0 aromatic carbocycles. The lowest BCUT2D eigenvalue weighted by atomic mass is 9.59. The van der Waals surface area contributed by atoms with Crippen LogP contribution in [0.3, 0.4) is 0 Å². The number of hydrogen-bond acceptors (Lipinski definition) is 2. The minimum absolute atomic E-state index is 0.218. The number of carbonyl (C=O) groups excluding carboxylic acids is 2. The maximum absolute atomic E-state index is 12.6. The van der Waals surface area contributed by atoms with Gasteiger partial charge in [-0.3, -0.25) is 9.59 Å². The van der Waals surface area contributed by atoms with Gasteiger partial charge in [-0.2, -0.15) is 0 Å². The second-order valence-corrected chi connectivity index (χ2v) is 7.66. The number of alkyl halides is 1. The Balaban J connectivity index is 1.98. The molecule has 108 valence electrons. The number of ketones is 1. The first-order valence-electron chi connectivity index (χ1n) is 7.74. The van der Waals surface area contributed by atoms with E-state index in [4.69, 9.17) is 11.6 Å². The smallest absolute Gasteiger partial charge is 0.226 e. The number of carbonyl (C=O) groups is 2. The maximum atomic E-state index is 12.6. The topological polar surface area (TPSA) is 37.4 Å². The molecule has 3 nitrogen and oxygen atoms in total. The molecule has 1 amide bonds. The molecule has 1 saturated carbocycles. The van der Waals surface area contributed by atoms with E-state index >= 15 is 0 Å². The van der Waals surface area contributed by atoms with Crippen LogP contribution in [0, 0.1) is 17.3 Å². The first-order valence-corrected chi connectivity index (χ1v) is 8.12. The van der Waals surface area contributed by atoms with Crippen molar-refractivity contribution in [1.82, 2.24) is 4.90 Å². The maximum Gasteiger partial charge on any atom is 0.226 e. The first-order chi connectivity index (χ1) is 9.49. The normalized spacial score (nSPS) is 46.9. The summed E-state index contributed by atoms with van der Waals surface area (Å²) in [6.07, 6.45) is 6.74. The Hall–Kier alpha value is -0.830. The number of Topliss-reactive ketones (excluding diaryl/α,β-unsaturated/α-hetero) is 1. The van der Waals surface area contributed by atoms with Crippen molar-refractivity contribution < 1.29 is 9.59 Å². The summed E-state index contributed by atoms with van der Waals surface area (Å²) in [5.41, 5.74) is 0.832. The molecule has 0 radical (unpaired) electrons. The molecule has 4 rings (SSSR count). The highest BCUT2D eigenvalue weighted by Crippen LogP contribution is 2.67. The summed E-state index contributed by atoms with van der Waals surface area (Å²) in [6, 6.07) is 0. The predicted molar refractivity (Wildman–Crippen MR) is 76.2 cm³/mol. The van der Waals surface area contributed by atoms with E-state index in [0.29, 0.717) is 24.7 Å². The summed E-state index contributed by atoms with van der Waals surface area (Å²) < 4.78 is 0. The Labute approximate surface area is 124 Å². The zero-order valence-corrected chi connectivity index (χ0v) is 12.6. The number of halogens is 1. The van der Waals surface area contributed by atoms with Crippen molar-refractivity contribution in [3.8, 4) is 0 Å². The molecule has 2 heterocycles. The van der Waals surface area contributed by atoms with Crippen molar-refractivity contribution in [1.29, 1.82) is 0 Å². The van der Waals surface area contributed by atoms with Gasteiger partial charge in [-0.1, -0.05) is 13.0 Å². The highest BCUT2D eigenvalue weighted by atomic mass is 35.5. The van der Waals surface area contributed by atoms with Gasteiger partial charge in [0.2, 0.25) is 5.91 Å². The zero-order valence-electron chi connectivity index (χ0n) is 11.8. The minimum Gasteiger partial charge on any atom is -0.316 e. The number of amides is 1. The van der Waals surface area contributed by atoms with E-state index in [2.05, 4.69) is 13.0 Å². The van der Waals surface area contributed by atoms with Gasteiger partial charge in [-0.05, 0) is 37.5 Å². The molecule has 0 aromatic rings. The quantitative estimate of drug-likeness (QED) is 0.644. The molecule has 4 atom stereocenters. The van der Waals surface area contributed by atoms with Crippen LogP contribution in [0.15, 0.2) is 11.8 Å². The third-order valence-corrected chi connectivity index (χ3v) is 6.80. The van der Waals surface area contributed by atoms with Crippen LogP contribution in [0.4, 0.5) is 0 Å². The van der Waals surface area contributed by atoms with E-state index in [1.54, 1.807) is 0 Å². The molecule has 2 aliphatic heterocycles. The van der Waals surface area contributed by atoms with E-state index in [1.807, 2.05) is 4.90 Å². The van der Waals surface area contributed by atoms with Gasteiger partial charge in [0.05, 0.1) is 0 Å². The molecule has 0 aromatic heterocycles. The molecular formula is C16H20ClNO2. The van der Waals surface area contributed by atoms with Gasteiger partial charge in [-0.15, -0.1) is 11.6 Å². The van der Waals surface area contributed by atoms with Crippen molar-refractivity contribution in [2.75, 3.05) is 6.54 Å². The highest BCUT2D eigenvalue weighted by Gasteiger charge is 2.69. The number of nitrogens with zero attached hydrogens (tertiary/aromatic N) is 1. The molecule has 2 saturated heterocycles. The van der Waals surface area contributed by atoms with E-state index in [-0.39, 0.29) is 17.1 Å². The van der Waals surface area contributed by atoms with Crippen LogP contribution >= 0.6 is 11.6 Å². The monoisotopic (exact) mass is 293 g/mol. The summed E-state index contributed by atoms with van der Waals surface area (Å²) in [5.74, 6) is 1.20. The number of rotatable bonds is 0. The number of piperidine rings is 1. The van der Waals surface area contributed by atoms with Gasteiger partial charge < -0.3 is 4.90 Å². The van der Waals surface area contributed by atoms with Gasteiger partial charge in [-0.25, -0.2) is 0 Å². The van der Waals surface area contributed by atoms with Gasteiger partial charge in [0.1, 0.15) is 4.87 Å². The molecule has 20 heavy (non-hydrogen) atoms. The molecule has 1 spiro atoms. The molecular weight excluding hydrogens is 274 g/mol. The van der Waals surface area contributed by atoms with Crippen LogP contribution in [-0.4, -0.2) is 28.0 Å². The lowest BCUT2D eigenvalue weighted by molar-refractivity contribution is -0.135. The number of allylic oxidation sites excluding steroid dienone is 2. The summed E-state index contributed by atoms with van der Waals surface area (Å²) in [6.45, 7) is 2.92. The summed E-state index contributed by atoms with van der Waals surface area (Å²) in [5, 5.41) is 0. The van der Waals surface area contributed by atoms with Crippen LogP contribution in [0.25, 0.3) is 0 Å². The van der Waals surface area contributed by atoms with Crippen molar-refractivity contribution in [2.45, 2.75) is 50.3 Å². The Kier molecular flexibility index (Phi) is 2.50. The van der Waals surface area contributed by atoms with Crippen LogP contribution in [0.1, 0.15) is 45.4 Å². The van der Waals surface area contributed by atoms with Crippen molar-refractivity contribution in [3.63, 3.8) is 0 Å². The second kappa shape index (κ2) is 3.88. The zero-order chi connectivity index (χ0) is 14.1. The fourth-order valence-electron chi connectivity index (χ4n) is 5.29. The molecule has 2 aliphatic carbocycles. The standard InChI is InChI=1S/C16H20ClNO2/c1-10-7-11-9-13(19)16(17)4-2-6-18-12(8-10)15(11,16)5-3-14(18)20/h8,10-11H,2-7,9H2,1H3/t10?,11?,15?,16-/m0/s1. The van der Waals surface area contributed by atoms with Crippen molar-refractivity contribution in [2.24, 2.45) is 17.3 Å². The third kappa shape index (κ3) is 1.28. The van der Waals surface area contributed by atoms with E-state index in [0.717, 1.165) is 37.9 Å². The fraction of sp³-hybridized carbons (Fsp3) is 0.750. The van der Waals surface area contributed by atoms with Gasteiger partial charge in [0, 0.05) is 30.5 Å². The summed E-state index contributed by atoms with van der Waals surface area (Å²) in [4.78, 5) is 26.1. The Morgan fingerprint density at radius 3 is 2.95 bits per heavy atom. The van der Waals surface area contributed by atoms with E-state index in [1.165, 1.54) is 0 Å². The lowest BCUT2D eigenvalue weighted by Gasteiger charge is -2.52. The van der Waals surface area contributed by atoms with Crippen molar-refractivity contribution >= 4 is 23.3 Å². The third-order valence-electron chi connectivity index (χ3n) is 6.06. The van der Waals surface area contributed by atoms with Gasteiger partial charge >= 0.3 is 0 Å². The molecule has 4 heteroatoms. The molecule has 2 bridgehead atoms. The van der Waals surface area contributed by atoms with Crippen LogP contribution in [-0.2, 0) is 9.59 Å². The first kappa shape index (κ1) is 12.9. The Morgan fingerprint density at radius 1 is 1.35 bits per heavy atom. The SMILES string of the molecule is CC1C=C2N3CCC[C@]4(Cl)C(=O)CC(C1)C24CCC3=O. The lowest BCUT2D eigenvalue weighted by Crippen LogP contribution is -2.55. The van der Waals surface area contributed by atoms with Crippen LogP contribution in [0.2, 0.25) is 0 Å². The average molecular weight is 294 g/mol. The second-order valence-electron chi connectivity index (χ2n) is 7.01. The van der Waals surface area contributed by atoms with Crippen molar-refractivity contribution in [3.05, 3.63) is 11.8 Å². The van der Waals surface area contributed by atoms with E-state index < -0.39 is 4.87 Å². The summed E-state index contributed by atoms with van der Waals surface area (Å²) in [7, 11) is 0. The van der Waals surface area contributed by atoms with Gasteiger partial charge in [0.25, 0.3) is 0 Å². The van der Waals surface area contributed by atoms with Crippen LogP contribution < -0.4 is 0 Å². The highest BCUT2D eigenvalue weighted by molar-refractivity contribution is 6.37. The fourth-order valence-corrected chi connectivity index (χ4v) is 5.84. The molecule has 3 fully saturated rings. The van der Waals surface area contributed by atoms with Crippen LogP contribution in [0.5, 0.6) is 0 Å². The molecule has 4 aliphatic rings. The van der Waals surface area contributed by atoms with Gasteiger partial charge in [0.15, 0.2) is 5.78 Å². The Morgan fingerprint density at radius 2 is 2.15 bits per heavy atom. The molecule has 0 N–H and O–H groups in total.